The number of carboxylic acids is 1. The normalized spacial score (nSPS) is 30.9. The number of carboxylic acid groups (broad SMARTS) is 1. The standard InChI is InChI=1S/C25H30O6/c26-23(27)25(12-8-20(9-13-25)29-15-22-17-31-22)24(10-2-1-3-11-24)18-4-6-19(7-5-18)28-14-21-16-30-21/h4-9,12,21-22H,1-3,10-11,13-17H2,(H,26,27). The van der Waals surface area contributed by atoms with Crippen molar-refractivity contribution < 1.29 is 28.8 Å². The molecule has 4 aliphatic rings. The van der Waals surface area contributed by atoms with E-state index < -0.39 is 16.8 Å². The summed E-state index contributed by atoms with van der Waals surface area (Å²) in [6, 6.07) is 8.06. The number of ether oxygens (including phenoxy) is 4. The predicted molar refractivity (Wildman–Crippen MR) is 114 cm³/mol. The molecule has 0 spiro atoms. The van der Waals surface area contributed by atoms with E-state index in [1.807, 2.05) is 30.4 Å². The van der Waals surface area contributed by atoms with E-state index in [0.29, 0.717) is 19.6 Å². The summed E-state index contributed by atoms with van der Waals surface area (Å²) in [5, 5.41) is 10.5. The zero-order chi connectivity index (χ0) is 21.3. The lowest BCUT2D eigenvalue weighted by atomic mass is 9.52. The summed E-state index contributed by atoms with van der Waals surface area (Å²) in [5.74, 6) is 0.772. The van der Waals surface area contributed by atoms with Gasteiger partial charge in [-0.3, -0.25) is 4.79 Å². The Bertz CT molecular complexity index is 859. The second-order valence-electron chi connectivity index (χ2n) is 9.12. The van der Waals surface area contributed by atoms with Crippen molar-refractivity contribution in [3.8, 4) is 5.75 Å². The summed E-state index contributed by atoms with van der Waals surface area (Å²) in [7, 11) is 0. The van der Waals surface area contributed by atoms with Crippen molar-refractivity contribution in [2.45, 2.75) is 56.1 Å². The Hall–Kier alpha value is -2.31. The molecule has 3 unspecified atom stereocenters. The molecule has 2 heterocycles. The molecule has 0 aromatic heterocycles. The van der Waals surface area contributed by atoms with Crippen LogP contribution in [0.5, 0.6) is 5.75 Å². The van der Waals surface area contributed by atoms with Gasteiger partial charge < -0.3 is 24.1 Å². The smallest absolute Gasteiger partial charge is 0.314 e. The van der Waals surface area contributed by atoms with Crippen LogP contribution >= 0.6 is 0 Å². The molecule has 6 heteroatoms. The zero-order valence-corrected chi connectivity index (χ0v) is 17.8. The van der Waals surface area contributed by atoms with Crippen LogP contribution in [-0.2, 0) is 24.4 Å². The summed E-state index contributed by atoms with van der Waals surface area (Å²) < 4.78 is 22.0. The molecular weight excluding hydrogens is 396 g/mol. The van der Waals surface area contributed by atoms with Crippen molar-refractivity contribution >= 4 is 5.97 Å². The molecule has 3 atom stereocenters. The molecule has 1 saturated carbocycles. The molecule has 2 aliphatic carbocycles. The Kier molecular flexibility index (Phi) is 5.52. The minimum atomic E-state index is -0.986. The summed E-state index contributed by atoms with van der Waals surface area (Å²) in [4.78, 5) is 12.8. The van der Waals surface area contributed by atoms with Crippen LogP contribution in [0.25, 0.3) is 0 Å². The molecule has 1 aromatic rings. The number of benzene rings is 1. The number of rotatable bonds is 9. The third-order valence-electron chi connectivity index (χ3n) is 7.18. The molecule has 5 rings (SSSR count). The third kappa shape index (κ3) is 4.11. The van der Waals surface area contributed by atoms with Gasteiger partial charge in [-0.05, 0) is 49.1 Å². The highest BCUT2D eigenvalue weighted by Crippen LogP contribution is 2.56. The lowest BCUT2D eigenvalue weighted by Gasteiger charge is -2.50. The highest BCUT2D eigenvalue weighted by atomic mass is 16.6. The highest BCUT2D eigenvalue weighted by Gasteiger charge is 2.56. The van der Waals surface area contributed by atoms with E-state index in [1.165, 1.54) is 0 Å². The van der Waals surface area contributed by atoms with E-state index in [2.05, 4.69) is 12.1 Å². The largest absolute Gasteiger partial charge is 0.491 e. The lowest BCUT2D eigenvalue weighted by molar-refractivity contribution is -0.151. The predicted octanol–water partition coefficient (Wildman–Crippen LogP) is 4.00. The van der Waals surface area contributed by atoms with E-state index >= 15 is 0 Å². The van der Waals surface area contributed by atoms with Crippen molar-refractivity contribution in [3.05, 3.63) is 53.8 Å². The topological polar surface area (TPSA) is 80.8 Å². The first kappa shape index (κ1) is 20.6. The molecule has 0 radical (unpaired) electrons. The van der Waals surface area contributed by atoms with Gasteiger partial charge in [0.2, 0.25) is 0 Å². The van der Waals surface area contributed by atoms with Crippen LogP contribution in [0.1, 0.15) is 44.1 Å². The maximum Gasteiger partial charge on any atom is 0.314 e. The quantitative estimate of drug-likeness (QED) is 0.601. The summed E-state index contributed by atoms with van der Waals surface area (Å²) in [6.45, 7) is 2.59. The summed E-state index contributed by atoms with van der Waals surface area (Å²) in [5.41, 5.74) is -0.355. The van der Waals surface area contributed by atoms with Crippen LogP contribution in [0.4, 0.5) is 0 Å². The van der Waals surface area contributed by atoms with Gasteiger partial charge in [-0.2, -0.15) is 0 Å². The zero-order valence-electron chi connectivity index (χ0n) is 17.8. The maximum absolute atomic E-state index is 12.8. The molecule has 6 nitrogen and oxygen atoms in total. The van der Waals surface area contributed by atoms with Gasteiger partial charge in [0, 0.05) is 5.41 Å². The summed E-state index contributed by atoms with van der Waals surface area (Å²) >= 11 is 0. The fourth-order valence-corrected chi connectivity index (χ4v) is 5.17. The van der Waals surface area contributed by atoms with E-state index in [0.717, 1.165) is 62.4 Å². The van der Waals surface area contributed by atoms with Gasteiger partial charge in [0.1, 0.15) is 36.9 Å². The lowest BCUT2D eigenvalue weighted by Crippen LogP contribution is -2.51. The van der Waals surface area contributed by atoms with E-state index in [-0.39, 0.29) is 12.2 Å². The third-order valence-corrected chi connectivity index (χ3v) is 7.18. The second kappa shape index (κ2) is 8.32. The Balaban J connectivity index is 1.41. The van der Waals surface area contributed by atoms with Gasteiger partial charge in [-0.25, -0.2) is 0 Å². The maximum atomic E-state index is 12.8. The second-order valence-corrected chi connectivity index (χ2v) is 9.12. The van der Waals surface area contributed by atoms with Gasteiger partial charge in [0.15, 0.2) is 0 Å². The van der Waals surface area contributed by atoms with Crippen LogP contribution in [-0.4, -0.2) is 49.7 Å². The van der Waals surface area contributed by atoms with E-state index in [1.54, 1.807) is 0 Å². The van der Waals surface area contributed by atoms with Crippen LogP contribution in [0.15, 0.2) is 48.3 Å². The molecule has 2 saturated heterocycles. The average molecular weight is 427 g/mol. The van der Waals surface area contributed by atoms with Crippen molar-refractivity contribution in [3.63, 3.8) is 0 Å². The first-order valence-electron chi connectivity index (χ1n) is 11.3. The molecule has 3 fully saturated rings. The minimum Gasteiger partial charge on any atom is -0.491 e. The molecule has 2 aliphatic heterocycles. The molecule has 0 bridgehead atoms. The number of hydrogen-bond donors (Lipinski definition) is 1. The van der Waals surface area contributed by atoms with E-state index in [4.69, 9.17) is 18.9 Å². The first-order chi connectivity index (χ1) is 15.1. The number of aliphatic carboxylic acids is 1. The number of hydrogen-bond acceptors (Lipinski definition) is 5. The van der Waals surface area contributed by atoms with Crippen LogP contribution in [0, 0.1) is 5.41 Å². The van der Waals surface area contributed by atoms with Gasteiger partial charge in [-0.1, -0.05) is 37.5 Å². The SMILES string of the molecule is O=C(O)C1(C2(c3ccc(OCC4CO4)cc3)CCCCC2)C=CC(OCC2CO2)=CC1. The highest BCUT2D eigenvalue weighted by molar-refractivity contribution is 5.81. The number of allylic oxidation sites excluding steroid dienone is 2. The monoisotopic (exact) mass is 426 g/mol. The van der Waals surface area contributed by atoms with Crippen LogP contribution in [0.2, 0.25) is 0 Å². The van der Waals surface area contributed by atoms with Gasteiger partial charge in [-0.15, -0.1) is 0 Å². The minimum absolute atomic E-state index is 0.178. The van der Waals surface area contributed by atoms with Gasteiger partial charge in [0.25, 0.3) is 0 Å². The summed E-state index contributed by atoms with van der Waals surface area (Å²) in [6.07, 6.45) is 11.4. The fourth-order valence-electron chi connectivity index (χ4n) is 5.17. The number of carbonyl (C=O) groups is 1. The van der Waals surface area contributed by atoms with Gasteiger partial charge in [0.05, 0.1) is 18.6 Å². The van der Waals surface area contributed by atoms with Gasteiger partial charge >= 0.3 is 5.97 Å². The molecule has 0 amide bonds. The van der Waals surface area contributed by atoms with Crippen molar-refractivity contribution in [1.82, 2.24) is 0 Å². The van der Waals surface area contributed by atoms with Crippen LogP contribution in [0.3, 0.4) is 0 Å². The Morgan fingerprint density at radius 2 is 1.65 bits per heavy atom. The Morgan fingerprint density at radius 1 is 1.00 bits per heavy atom. The van der Waals surface area contributed by atoms with Crippen molar-refractivity contribution in [2.75, 3.05) is 26.4 Å². The van der Waals surface area contributed by atoms with Crippen molar-refractivity contribution in [1.29, 1.82) is 0 Å². The molecule has 1 N–H and O–H groups in total. The average Bonchev–Trinajstić information content (AvgIpc) is 3.72. The molecule has 1 aromatic carbocycles. The number of epoxide rings is 2. The molecular formula is C25H30O6. The molecule has 31 heavy (non-hydrogen) atoms. The van der Waals surface area contributed by atoms with Crippen LogP contribution < -0.4 is 4.74 Å². The Labute approximate surface area is 182 Å². The Morgan fingerprint density at radius 3 is 2.19 bits per heavy atom. The van der Waals surface area contributed by atoms with Crippen molar-refractivity contribution in [2.24, 2.45) is 5.41 Å². The fraction of sp³-hybridized carbons (Fsp3) is 0.560. The molecule has 166 valence electrons. The van der Waals surface area contributed by atoms with E-state index in [9.17, 15) is 9.90 Å². The first-order valence-corrected chi connectivity index (χ1v) is 11.3.